The molecule has 3 aliphatic rings. The molecular weight excluding hydrogens is 298 g/mol. The predicted octanol–water partition coefficient (Wildman–Crippen LogP) is 2.66. The molecule has 1 unspecified atom stereocenters. The molecule has 0 bridgehead atoms. The second-order valence-corrected chi connectivity index (χ2v) is 7.38. The monoisotopic (exact) mass is 325 g/mol. The van der Waals surface area contributed by atoms with Crippen LogP contribution in [0.25, 0.3) is 5.70 Å². The zero-order chi connectivity index (χ0) is 16.6. The first-order valence-electron chi connectivity index (χ1n) is 9.06. The van der Waals surface area contributed by atoms with Gasteiger partial charge in [-0.05, 0) is 37.5 Å². The minimum atomic E-state index is -0.513. The molecule has 4 N–H and O–H groups in total. The highest BCUT2D eigenvalue weighted by Gasteiger charge is 2.43. The van der Waals surface area contributed by atoms with Crippen molar-refractivity contribution >= 4 is 5.70 Å². The quantitative estimate of drug-likeness (QED) is 0.796. The third-order valence-corrected chi connectivity index (χ3v) is 5.56. The van der Waals surface area contributed by atoms with Crippen LogP contribution in [0.15, 0.2) is 42.1 Å². The molecule has 1 aromatic rings. The fourth-order valence-electron chi connectivity index (χ4n) is 3.95. The Balaban J connectivity index is 1.64. The Morgan fingerprint density at radius 3 is 2.46 bits per heavy atom. The normalized spacial score (nSPS) is 27.9. The van der Waals surface area contributed by atoms with Crippen LogP contribution in [0.1, 0.15) is 36.8 Å². The van der Waals surface area contributed by atoms with E-state index >= 15 is 0 Å². The van der Waals surface area contributed by atoms with Crippen molar-refractivity contribution in [2.75, 3.05) is 13.2 Å². The third-order valence-electron chi connectivity index (χ3n) is 5.56. The summed E-state index contributed by atoms with van der Waals surface area (Å²) in [6.07, 6.45) is 9.23. The van der Waals surface area contributed by atoms with E-state index < -0.39 is 5.66 Å². The number of ether oxygens (including phenoxy) is 1. The maximum atomic E-state index is 6.97. The number of benzene rings is 1. The third kappa shape index (κ3) is 2.85. The Labute approximate surface area is 144 Å². The molecule has 0 radical (unpaired) electrons. The highest BCUT2D eigenvalue weighted by atomic mass is 16.5. The molecule has 1 saturated carbocycles. The van der Waals surface area contributed by atoms with Gasteiger partial charge in [-0.2, -0.15) is 0 Å². The lowest BCUT2D eigenvalue weighted by Gasteiger charge is -2.44. The summed E-state index contributed by atoms with van der Waals surface area (Å²) in [5, 5.41) is 7.29. The molecule has 4 rings (SSSR count). The van der Waals surface area contributed by atoms with Gasteiger partial charge in [0, 0.05) is 11.6 Å². The van der Waals surface area contributed by atoms with Crippen molar-refractivity contribution in [3.63, 3.8) is 0 Å². The van der Waals surface area contributed by atoms with Crippen LogP contribution < -0.4 is 16.4 Å². The number of dihydropyridines is 1. The van der Waals surface area contributed by atoms with Gasteiger partial charge in [-0.3, -0.25) is 0 Å². The molecule has 2 heterocycles. The van der Waals surface area contributed by atoms with Gasteiger partial charge in [-0.15, -0.1) is 0 Å². The van der Waals surface area contributed by atoms with Crippen molar-refractivity contribution in [1.29, 1.82) is 0 Å². The summed E-state index contributed by atoms with van der Waals surface area (Å²) in [7, 11) is 0. The predicted molar refractivity (Wildman–Crippen MR) is 97.0 cm³/mol. The van der Waals surface area contributed by atoms with Crippen LogP contribution in [0.2, 0.25) is 0 Å². The Bertz CT molecular complexity index is 654. The summed E-state index contributed by atoms with van der Waals surface area (Å²) >= 11 is 0. The number of hydrogen-bond acceptors (Lipinski definition) is 4. The summed E-state index contributed by atoms with van der Waals surface area (Å²) in [5.41, 5.74) is 11.1. The van der Waals surface area contributed by atoms with Crippen molar-refractivity contribution in [1.82, 2.24) is 10.6 Å². The molecular formula is C20H27N3O. The Morgan fingerprint density at radius 1 is 1.12 bits per heavy atom. The van der Waals surface area contributed by atoms with Gasteiger partial charge in [0.1, 0.15) is 5.66 Å². The minimum absolute atomic E-state index is 0.386. The minimum Gasteiger partial charge on any atom is -0.378 e. The number of nitrogens with one attached hydrogen (secondary N) is 2. The van der Waals surface area contributed by atoms with Crippen LogP contribution in [0, 0.1) is 12.8 Å². The lowest BCUT2D eigenvalue weighted by atomic mass is 9.85. The van der Waals surface area contributed by atoms with Crippen LogP contribution in [-0.4, -0.2) is 24.9 Å². The first-order valence-corrected chi connectivity index (χ1v) is 9.06. The topological polar surface area (TPSA) is 59.3 Å². The van der Waals surface area contributed by atoms with Crippen molar-refractivity contribution in [3.05, 3.63) is 53.2 Å². The lowest BCUT2D eigenvalue weighted by molar-refractivity contribution is -0.00343. The highest BCUT2D eigenvalue weighted by molar-refractivity contribution is 5.69. The van der Waals surface area contributed by atoms with Gasteiger partial charge in [-0.1, -0.05) is 42.7 Å². The average Bonchev–Trinajstić information content (AvgIpc) is 3.08. The molecule has 0 amide bonds. The highest BCUT2D eigenvalue weighted by Crippen LogP contribution is 2.38. The van der Waals surface area contributed by atoms with Crippen molar-refractivity contribution in [2.24, 2.45) is 11.7 Å². The van der Waals surface area contributed by atoms with Gasteiger partial charge in [-0.25, -0.2) is 0 Å². The average molecular weight is 325 g/mol. The van der Waals surface area contributed by atoms with E-state index in [1.165, 1.54) is 36.8 Å². The summed E-state index contributed by atoms with van der Waals surface area (Å²) in [4.78, 5) is 0. The maximum Gasteiger partial charge on any atom is 0.130 e. The lowest BCUT2D eigenvalue weighted by Crippen LogP contribution is -2.64. The first-order chi connectivity index (χ1) is 11.6. The fraction of sp³-hybridized carbons (Fsp3) is 0.500. The molecule has 128 valence electrons. The second kappa shape index (κ2) is 6.26. The van der Waals surface area contributed by atoms with E-state index in [9.17, 15) is 0 Å². The second-order valence-electron chi connectivity index (χ2n) is 7.38. The van der Waals surface area contributed by atoms with Gasteiger partial charge in [0.05, 0.1) is 25.0 Å². The van der Waals surface area contributed by atoms with E-state index in [-0.39, 0.29) is 0 Å². The number of aryl methyl sites for hydroxylation is 1. The Morgan fingerprint density at radius 2 is 1.83 bits per heavy atom. The van der Waals surface area contributed by atoms with Gasteiger partial charge >= 0.3 is 0 Å². The van der Waals surface area contributed by atoms with Gasteiger partial charge < -0.3 is 21.1 Å². The SMILES string of the molecule is Cc1ccc(C2=CC=C(NC3COC3)C(N)(C3CCCC3)N2)cc1. The summed E-state index contributed by atoms with van der Waals surface area (Å²) in [5.74, 6) is 0.464. The number of rotatable bonds is 4. The molecule has 1 aliphatic carbocycles. The standard InChI is InChI=1S/C20H27N3O/c1-14-6-8-15(9-7-14)18-10-11-19(22-17-12-24-13-17)20(21,23-18)16-4-2-3-5-16/h6-11,16-17,22-23H,2-5,12-13,21H2,1H3. The Hall–Kier alpha value is -1.78. The van der Waals surface area contributed by atoms with Crippen LogP contribution in [-0.2, 0) is 4.74 Å². The van der Waals surface area contributed by atoms with Gasteiger partial charge in [0.2, 0.25) is 0 Å². The molecule has 0 aromatic heterocycles. The van der Waals surface area contributed by atoms with E-state index in [0.29, 0.717) is 12.0 Å². The van der Waals surface area contributed by atoms with E-state index in [0.717, 1.165) is 24.6 Å². The number of hydrogen-bond donors (Lipinski definition) is 3. The zero-order valence-electron chi connectivity index (χ0n) is 14.3. The van der Waals surface area contributed by atoms with E-state index in [1.807, 2.05) is 0 Å². The van der Waals surface area contributed by atoms with Gasteiger partial charge in [0.25, 0.3) is 0 Å². The molecule has 1 atom stereocenters. The number of nitrogens with two attached hydrogens (primary N) is 1. The smallest absolute Gasteiger partial charge is 0.130 e. The van der Waals surface area contributed by atoms with Crippen LogP contribution in [0.5, 0.6) is 0 Å². The summed E-state index contributed by atoms with van der Waals surface area (Å²) in [6, 6.07) is 9.01. The molecule has 0 spiro atoms. The fourth-order valence-corrected chi connectivity index (χ4v) is 3.95. The van der Waals surface area contributed by atoms with Crippen molar-refractivity contribution in [2.45, 2.75) is 44.3 Å². The molecule has 24 heavy (non-hydrogen) atoms. The van der Waals surface area contributed by atoms with E-state index in [2.05, 4.69) is 54.0 Å². The Kier molecular flexibility index (Phi) is 4.10. The largest absolute Gasteiger partial charge is 0.378 e. The zero-order valence-corrected chi connectivity index (χ0v) is 14.3. The molecule has 4 heteroatoms. The molecule has 2 aliphatic heterocycles. The van der Waals surface area contributed by atoms with E-state index in [4.69, 9.17) is 10.5 Å². The molecule has 4 nitrogen and oxygen atoms in total. The van der Waals surface area contributed by atoms with Crippen molar-refractivity contribution < 1.29 is 4.74 Å². The first kappa shape index (κ1) is 15.7. The van der Waals surface area contributed by atoms with Crippen LogP contribution in [0.3, 0.4) is 0 Å². The van der Waals surface area contributed by atoms with Crippen molar-refractivity contribution in [3.8, 4) is 0 Å². The molecule has 1 aromatic carbocycles. The summed E-state index contributed by atoms with van der Waals surface area (Å²) < 4.78 is 5.31. The summed E-state index contributed by atoms with van der Waals surface area (Å²) in [6.45, 7) is 3.65. The van der Waals surface area contributed by atoms with Crippen LogP contribution in [0.4, 0.5) is 0 Å². The van der Waals surface area contributed by atoms with E-state index in [1.54, 1.807) is 0 Å². The molecule has 1 saturated heterocycles. The van der Waals surface area contributed by atoms with Crippen LogP contribution >= 0.6 is 0 Å². The van der Waals surface area contributed by atoms with Gasteiger partial charge in [0.15, 0.2) is 0 Å². The molecule has 2 fully saturated rings. The maximum absolute atomic E-state index is 6.97. The number of allylic oxidation sites excluding steroid dienone is 2.